The van der Waals surface area contributed by atoms with E-state index in [4.69, 9.17) is 16.3 Å². The van der Waals surface area contributed by atoms with Crippen LogP contribution in [-0.2, 0) is 9.59 Å². The third-order valence-corrected chi connectivity index (χ3v) is 5.60. The molecule has 2 fully saturated rings. The predicted molar refractivity (Wildman–Crippen MR) is 101 cm³/mol. The molecule has 1 N–H and O–H groups in total. The van der Waals surface area contributed by atoms with E-state index in [1.54, 1.807) is 29.2 Å². The Hall–Kier alpha value is -1.75. The summed E-state index contributed by atoms with van der Waals surface area (Å²) in [7, 11) is 0. The van der Waals surface area contributed by atoms with Crippen LogP contribution in [0, 0.1) is 5.92 Å². The van der Waals surface area contributed by atoms with Crippen LogP contribution < -0.4 is 10.1 Å². The molecule has 26 heavy (non-hydrogen) atoms. The number of benzene rings is 1. The topological polar surface area (TPSA) is 58.6 Å². The first kappa shape index (κ1) is 19.0. The molecular weight excluding hydrogens is 352 g/mol. The largest absolute Gasteiger partial charge is 0.484 e. The lowest BCUT2D eigenvalue weighted by Crippen LogP contribution is -2.46. The molecule has 1 heterocycles. The van der Waals surface area contributed by atoms with Crippen LogP contribution in [0.25, 0.3) is 0 Å². The first-order valence-electron chi connectivity index (χ1n) is 9.58. The molecule has 0 atom stereocenters. The van der Waals surface area contributed by atoms with Crippen molar-refractivity contribution in [3.8, 4) is 5.75 Å². The molecule has 0 unspecified atom stereocenters. The summed E-state index contributed by atoms with van der Waals surface area (Å²) in [6.07, 6.45) is 7.37. The van der Waals surface area contributed by atoms with Crippen molar-refractivity contribution in [1.82, 2.24) is 10.2 Å². The van der Waals surface area contributed by atoms with E-state index < -0.39 is 0 Å². The van der Waals surface area contributed by atoms with Crippen LogP contribution in [0.1, 0.15) is 44.9 Å². The molecule has 142 valence electrons. The predicted octanol–water partition coefficient (Wildman–Crippen LogP) is 3.41. The molecule has 1 aromatic carbocycles. The van der Waals surface area contributed by atoms with Gasteiger partial charge >= 0.3 is 0 Å². The Balaban J connectivity index is 1.39. The van der Waals surface area contributed by atoms with Crippen molar-refractivity contribution < 1.29 is 14.3 Å². The van der Waals surface area contributed by atoms with Crippen LogP contribution in [0.3, 0.4) is 0 Å². The summed E-state index contributed by atoms with van der Waals surface area (Å²) in [6, 6.07) is 7.31. The van der Waals surface area contributed by atoms with Crippen LogP contribution in [0.4, 0.5) is 0 Å². The van der Waals surface area contributed by atoms with Crippen molar-refractivity contribution in [1.29, 1.82) is 0 Å². The Kier molecular flexibility index (Phi) is 6.78. The number of ether oxygens (including phenoxy) is 1. The summed E-state index contributed by atoms with van der Waals surface area (Å²) >= 11 is 5.83. The first-order valence-corrected chi connectivity index (χ1v) is 9.96. The molecule has 5 nitrogen and oxygen atoms in total. The summed E-state index contributed by atoms with van der Waals surface area (Å²) in [4.78, 5) is 26.5. The highest BCUT2D eigenvalue weighted by atomic mass is 35.5. The number of nitrogens with one attached hydrogen (secondary N) is 1. The van der Waals surface area contributed by atoms with Gasteiger partial charge < -0.3 is 15.0 Å². The maximum absolute atomic E-state index is 12.4. The van der Waals surface area contributed by atoms with Gasteiger partial charge in [0.05, 0.1) is 0 Å². The van der Waals surface area contributed by atoms with Crippen LogP contribution in [0.15, 0.2) is 24.3 Å². The number of hydrogen-bond donors (Lipinski definition) is 1. The van der Waals surface area contributed by atoms with Crippen molar-refractivity contribution in [2.24, 2.45) is 5.92 Å². The van der Waals surface area contributed by atoms with Crippen LogP contribution >= 0.6 is 11.6 Å². The second-order valence-corrected chi connectivity index (χ2v) is 7.68. The Morgan fingerprint density at radius 3 is 2.35 bits per heavy atom. The zero-order valence-electron chi connectivity index (χ0n) is 15.1. The molecule has 6 heteroatoms. The van der Waals surface area contributed by atoms with Gasteiger partial charge in [0.1, 0.15) is 5.75 Å². The van der Waals surface area contributed by atoms with Gasteiger partial charge in [-0.15, -0.1) is 0 Å². The Bertz CT molecular complexity index is 606. The number of halogens is 1. The minimum Gasteiger partial charge on any atom is -0.484 e. The van der Waals surface area contributed by atoms with Crippen molar-refractivity contribution in [3.63, 3.8) is 0 Å². The third kappa shape index (κ3) is 5.37. The maximum Gasteiger partial charge on any atom is 0.260 e. The van der Waals surface area contributed by atoms with E-state index in [2.05, 4.69) is 5.32 Å². The number of piperidine rings is 1. The van der Waals surface area contributed by atoms with Crippen molar-refractivity contribution in [3.05, 3.63) is 29.3 Å². The minimum atomic E-state index is -0.0360. The highest BCUT2D eigenvalue weighted by Gasteiger charge is 2.28. The minimum absolute atomic E-state index is 0.0145. The van der Waals surface area contributed by atoms with E-state index >= 15 is 0 Å². The van der Waals surface area contributed by atoms with E-state index in [1.807, 2.05) is 0 Å². The lowest BCUT2D eigenvalue weighted by Gasteiger charge is -2.32. The highest BCUT2D eigenvalue weighted by Crippen LogP contribution is 2.21. The maximum atomic E-state index is 12.4. The van der Waals surface area contributed by atoms with Gasteiger partial charge in [-0.2, -0.15) is 0 Å². The molecule has 1 aliphatic carbocycles. The molecule has 3 rings (SSSR count). The summed E-state index contributed by atoms with van der Waals surface area (Å²) in [5, 5.41) is 3.84. The van der Waals surface area contributed by atoms with Gasteiger partial charge in [0.15, 0.2) is 6.61 Å². The molecule has 0 radical (unpaired) electrons. The molecule has 0 bridgehead atoms. The zero-order valence-corrected chi connectivity index (χ0v) is 15.8. The Morgan fingerprint density at radius 1 is 1.04 bits per heavy atom. The van der Waals surface area contributed by atoms with Crippen molar-refractivity contribution in [2.75, 3.05) is 19.7 Å². The van der Waals surface area contributed by atoms with Crippen molar-refractivity contribution >= 4 is 23.4 Å². The van der Waals surface area contributed by atoms with Crippen molar-refractivity contribution in [2.45, 2.75) is 51.0 Å². The van der Waals surface area contributed by atoms with E-state index in [9.17, 15) is 9.59 Å². The highest BCUT2D eigenvalue weighted by molar-refractivity contribution is 6.30. The van der Waals surface area contributed by atoms with Gasteiger partial charge in [0, 0.05) is 30.1 Å². The number of rotatable bonds is 5. The number of likely N-dealkylation sites (tertiary alicyclic amines) is 1. The van der Waals surface area contributed by atoms with Crippen LogP contribution in [0.5, 0.6) is 5.75 Å². The zero-order chi connectivity index (χ0) is 18.4. The molecule has 2 aliphatic rings. The first-order chi connectivity index (χ1) is 12.6. The van der Waals surface area contributed by atoms with Gasteiger partial charge in [0.2, 0.25) is 5.91 Å². The monoisotopic (exact) mass is 378 g/mol. The smallest absolute Gasteiger partial charge is 0.260 e. The fourth-order valence-electron chi connectivity index (χ4n) is 3.72. The molecule has 1 saturated carbocycles. The number of hydrogen-bond acceptors (Lipinski definition) is 3. The quantitative estimate of drug-likeness (QED) is 0.854. The molecule has 1 aliphatic heterocycles. The summed E-state index contributed by atoms with van der Waals surface area (Å²) in [5.74, 6) is 0.787. The fourth-order valence-corrected chi connectivity index (χ4v) is 3.85. The summed E-state index contributed by atoms with van der Waals surface area (Å²) in [6.45, 7) is 1.25. The second kappa shape index (κ2) is 9.26. The van der Waals surface area contributed by atoms with Crippen LogP contribution in [0.2, 0.25) is 5.02 Å². The van der Waals surface area contributed by atoms with E-state index in [0.29, 0.717) is 29.9 Å². The lowest BCUT2D eigenvalue weighted by atomic mass is 9.92. The fraction of sp³-hybridized carbons (Fsp3) is 0.600. The molecule has 2 amide bonds. The van der Waals surface area contributed by atoms with Gasteiger partial charge in [-0.3, -0.25) is 9.59 Å². The molecule has 0 spiro atoms. The molecule has 1 aromatic rings. The number of nitrogens with zero attached hydrogens (tertiary/aromatic N) is 1. The average Bonchev–Trinajstić information content (AvgIpc) is 2.68. The number of carbonyl (C=O) groups is 2. The summed E-state index contributed by atoms with van der Waals surface area (Å²) < 4.78 is 5.52. The Labute approximate surface area is 160 Å². The molecule has 1 saturated heterocycles. The average molecular weight is 379 g/mol. The van der Waals surface area contributed by atoms with E-state index in [-0.39, 0.29) is 24.3 Å². The number of carbonyl (C=O) groups excluding carboxylic acids is 2. The normalized spacial score (nSPS) is 19.2. The van der Waals surface area contributed by atoms with E-state index in [0.717, 1.165) is 25.7 Å². The molecule has 0 aromatic heterocycles. The van der Waals surface area contributed by atoms with Gasteiger partial charge in [-0.1, -0.05) is 30.9 Å². The molecular formula is C20H27ClN2O3. The SMILES string of the molecule is O=C(NC1CCCCC1)C1CCN(C(=O)COc2ccc(Cl)cc2)CC1. The van der Waals surface area contributed by atoms with Gasteiger partial charge in [-0.05, 0) is 49.9 Å². The number of amides is 2. The standard InChI is InChI=1S/C20H27ClN2O3/c21-16-6-8-18(9-7-16)26-14-19(24)23-12-10-15(11-13-23)20(25)22-17-4-2-1-3-5-17/h6-9,15,17H,1-5,10-14H2,(H,22,25). The Morgan fingerprint density at radius 2 is 1.69 bits per heavy atom. The summed E-state index contributed by atoms with van der Waals surface area (Å²) in [5.41, 5.74) is 0. The van der Waals surface area contributed by atoms with Crippen LogP contribution in [-0.4, -0.2) is 42.5 Å². The third-order valence-electron chi connectivity index (χ3n) is 5.35. The van der Waals surface area contributed by atoms with Gasteiger partial charge in [-0.25, -0.2) is 0 Å². The lowest BCUT2D eigenvalue weighted by molar-refractivity contribution is -0.137. The van der Waals surface area contributed by atoms with Gasteiger partial charge in [0.25, 0.3) is 5.91 Å². The second-order valence-electron chi connectivity index (χ2n) is 7.24. The van der Waals surface area contributed by atoms with E-state index in [1.165, 1.54) is 19.3 Å².